The summed E-state index contributed by atoms with van der Waals surface area (Å²) in [6, 6.07) is 6.33. The molecule has 0 bridgehead atoms. The molecule has 1 saturated heterocycles. The normalized spacial score (nSPS) is 18.3. The lowest BCUT2D eigenvalue weighted by Gasteiger charge is -2.34. The standard InChI is InChI=1S/C15H18N4O2/c20-15(21)18-9-7-17(8-10-18)14-16-12-5-1-3-11-4-2-6-19(14)13(11)12/h1,3,5H,2,4,6-10H2,(H,20,21). The van der Waals surface area contributed by atoms with Gasteiger partial charge in [-0.25, -0.2) is 9.78 Å². The highest BCUT2D eigenvalue weighted by Crippen LogP contribution is 2.30. The van der Waals surface area contributed by atoms with Gasteiger partial charge in [-0.1, -0.05) is 12.1 Å². The summed E-state index contributed by atoms with van der Waals surface area (Å²) in [5.74, 6) is 1.00. The number of nitrogens with zero attached hydrogens (tertiary/aromatic N) is 4. The van der Waals surface area contributed by atoms with Crippen LogP contribution in [0.3, 0.4) is 0 Å². The van der Waals surface area contributed by atoms with Gasteiger partial charge >= 0.3 is 6.09 Å². The Labute approximate surface area is 122 Å². The molecule has 4 rings (SSSR count). The molecule has 1 fully saturated rings. The summed E-state index contributed by atoms with van der Waals surface area (Å²) >= 11 is 0. The van der Waals surface area contributed by atoms with Crippen LogP contribution in [-0.2, 0) is 13.0 Å². The maximum absolute atomic E-state index is 11.0. The average molecular weight is 286 g/mol. The molecule has 0 atom stereocenters. The monoisotopic (exact) mass is 286 g/mol. The van der Waals surface area contributed by atoms with Crippen LogP contribution in [0.15, 0.2) is 18.2 Å². The van der Waals surface area contributed by atoms with Crippen LogP contribution >= 0.6 is 0 Å². The van der Waals surface area contributed by atoms with E-state index in [1.807, 2.05) is 0 Å². The molecule has 1 amide bonds. The SMILES string of the molecule is O=C(O)N1CCN(c2nc3cccc4c3n2CCC4)CC1. The smallest absolute Gasteiger partial charge is 0.407 e. The Morgan fingerprint density at radius 2 is 1.95 bits per heavy atom. The molecule has 110 valence electrons. The maximum atomic E-state index is 11.0. The molecular formula is C15H18N4O2. The number of hydrogen-bond donors (Lipinski definition) is 1. The van der Waals surface area contributed by atoms with Crippen molar-refractivity contribution in [3.05, 3.63) is 23.8 Å². The number of rotatable bonds is 1. The number of imidazole rings is 1. The molecule has 2 aliphatic heterocycles. The second-order valence-corrected chi connectivity index (χ2v) is 5.71. The molecular weight excluding hydrogens is 268 g/mol. The average Bonchev–Trinajstić information content (AvgIpc) is 2.89. The Morgan fingerprint density at radius 1 is 1.14 bits per heavy atom. The number of anilines is 1. The number of para-hydroxylation sites is 1. The number of carbonyl (C=O) groups is 1. The first kappa shape index (κ1) is 12.5. The Kier molecular flexibility index (Phi) is 2.77. The Hall–Kier alpha value is -2.24. The summed E-state index contributed by atoms with van der Waals surface area (Å²) in [5.41, 5.74) is 3.70. The van der Waals surface area contributed by atoms with Gasteiger partial charge < -0.3 is 19.5 Å². The molecule has 2 aromatic rings. The van der Waals surface area contributed by atoms with Crippen LogP contribution in [0, 0.1) is 0 Å². The van der Waals surface area contributed by atoms with Crippen LogP contribution in [-0.4, -0.2) is 51.8 Å². The second kappa shape index (κ2) is 4.65. The molecule has 0 aliphatic carbocycles. The molecule has 6 nitrogen and oxygen atoms in total. The summed E-state index contributed by atoms with van der Waals surface area (Å²) in [4.78, 5) is 19.5. The third-order valence-electron chi connectivity index (χ3n) is 4.49. The van der Waals surface area contributed by atoms with E-state index in [1.54, 1.807) is 0 Å². The summed E-state index contributed by atoms with van der Waals surface area (Å²) in [5, 5.41) is 9.04. The lowest BCUT2D eigenvalue weighted by Crippen LogP contribution is -2.49. The van der Waals surface area contributed by atoms with Crippen LogP contribution in [0.4, 0.5) is 10.7 Å². The zero-order chi connectivity index (χ0) is 14.4. The lowest BCUT2D eigenvalue weighted by molar-refractivity contribution is 0.142. The molecule has 2 aliphatic rings. The van der Waals surface area contributed by atoms with Crippen LogP contribution in [0.2, 0.25) is 0 Å². The van der Waals surface area contributed by atoms with Gasteiger partial charge in [0.05, 0.1) is 11.0 Å². The van der Waals surface area contributed by atoms with Gasteiger partial charge in [-0.05, 0) is 24.5 Å². The van der Waals surface area contributed by atoms with Crippen molar-refractivity contribution < 1.29 is 9.90 Å². The van der Waals surface area contributed by atoms with E-state index in [0.29, 0.717) is 26.2 Å². The number of piperazine rings is 1. The highest BCUT2D eigenvalue weighted by molar-refractivity contribution is 5.83. The molecule has 21 heavy (non-hydrogen) atoms. The van der Waals surface area contributed by atoms with E-state index in [0.717, 1.165) is 30.9 Å². The molecule has 6 heteroatoms. The zero-order valence-corrected chi connectivity index (χ0v) is 11.8. The number of aromatic nitrogens is 2. The lowest BCUT2D eigenvalue weighted by atomic mass is 10.0. The fraction of sp³-hybridized carbons (Fsp3) is 0.467. The van der Waals surface area contributed by atoms with Crippen LogP contribution in [0.25, 0.3) is 11.0 Å². The Bertz CT molecular complexity index is 701. The quantitative estimate of drug-likeness (QED) is 0.868. The molecule has 1 N–H and O–H groups in total. The van der Waals surface area contributed by atoms with Gasteiger partial charge in [0.1, 0.15) is 0 Å². The van der Waals surface area contributed by atoms with Crippen molar-refractivity contribution in [2.45, 2.75) is 19.4 Å². The first-order chi connectivity index (χ1) is 10.2. The van der Waals surface area contributed by atoms with Crippen molar-refractivity contribution in [2.24, 2.45) is 0 Å². The van der Waals surface area contributed by atoms with Gasteiger partial charge in [0, 0.05) is 32.7 Å². The molecule has 0 radical (unpaired) electrons. The van der Waals surface area contributed by atoms with Crippen LogP contribution in [0.1, 0.15) is 12.0 Å². The molecule has 0 spiro atoms. The van der Waals surface area contributed by atoms with Gasteiger partial charge in [0.25, 0.3) is 0 Å². The van der Waals surface area contributed by atoms with E-state index in [1.165, 1.54) is 16.0 Å². The number of hydrogen-bond acceptors (Lipinski definition) is 3. The fourth-order valence-electron chi connectivity index (χ4n) is 3.43. The first-order valence-electron chi connectivity index (χ1n) is 7.45. The summed E-state index contributed by atoms with van der Waals surface area (Å²) < 4.78 is 2.31. The zero-order valence-electron chi connectivity index (χ0n) is 11.8. The van der Waals surface area contributed by atoms with Crippen LogP contribution < -0.4 is 4.90 Å². The Morgan fingerprint density at radius 3 is 2.71 bits per heavy atom. The van der Waals surface area contributed by atoms with E-state index < -0.39 is 6.09 Å². The third kappa shape index (κ3) is 1.93. The minimum atomic E-state index is -0.827. The van der Waals surface area contributed by atoms with E-state index >= 15 is 0 Å². The first-order valence-corrected chi connectivity index (χ1v) is 7.45. The minimum absolute atomic E-state index is 0.547. The summed E-state index contributed by atoms with van der Waals surface area (Å²) in [6.45, 7) is 3.52. The second-order valence-electron chi connectivity index (χ2n) is 5.71. The highest BCUT2D eigenvalue weighted by atomic mass is 16.4. The number of carboxylic acid groups (broad SMARTS) is 1. The fourth-order valence-corrected chi connectivity index (χ4v) is 3.43. The largest absolute Gasteiger partial charge is 0.465 e. The van der Waals surface area contributed by atoms with Crippen LogP contribution in [0.5, 0.6) is 0 Å². The summed E-state index contributed by atoms with van der Waals surface area (Å²) in [7, 11) is 0. The molecule has 0 saturated carbocycles. The van der Waals surface area contributed by atoms with Gasteiger partial charge in [-0.15, -0.1) is 0 Å². The van der Waals surface area contributed by atoms with Gasteiger partial charge in [-0.2, -0.15) is 0 Å². The van der Waals surface area contributed by atoms with Crippen molar-refractivity contribution in [3.8, 4) is 0 Å². The topological polar surface area (TPSA) is 61.6 Å². The van der Waals surface area contributed by atoms with E-state index in [9.17, 15) is 4.79 Å². The third-order valence-corrected chi connectivity index (χ3v) is 4.49. The predicted molar refractivity (Wildman–Crippen MR) is 79.9 cm³/mol. The predicted octanol–water partition coefficient (Wildman–Crippen LogP) is 1.78. The van der Waals surface area contributed by atoms with Crippen molar-refractivity contribution >= 4 is 23.1 Å². The number of aryl methyl sites for hydroxylation is 2. The summed E-state index contributed by atoms with van der Waals surface area (Å²) in [6.07, 6.45) is 1.44. The van der Waals surface area contributed by atoms with Gasteiger partial charge in [0.15, 0.2) is 0 Å². The maximum Gasteiger partial charge on any atom is 0.407 e. The van der Waals surface area contributed by atoms with E-state index in [2.05, 4.69) is 27.7 Å². The van der Waals surface area contributed by atoms with E-state index in [4.69, 9.17) is 10.1 Å². The van der Waals surface area contributed by atoms with Gasteiger partial charge in [0.2, 0.25) is 5.95 Å². The van der Waals surface area contributed by atoms with Crippen molar-refractivity contribution in [2.75, 3.05) is 31.1 Å². The Balaban J connectivity index is 1.69. The molecule has 1 aromatic carbocycles. The van der Waals surface area contributed by atoms with Gasteiger partial charge in [-0.3, -0.25) is 0 Å². The highest BCUT2D eigenvalue weighted by Gasteiger charge is 2.26. The van der Waals surface area contributed by atoms with E-state index in [-0.39, 0.29) is 0 Å². The number of benzene rings is 1. The molecule has 1 aromatic heterocycles. The number of amides is 1. The molecule has 0 unspecified atom stereocenters. The minimum Gasteiger partial charge on any atom is -0.465 e. The van der Waals surface area contributed by atoms with Crippen molar-refractivity contribution in [1.82, 2.24) is 14.5 Å². The molecule has 3 heterocycles. The van der Waals surface area contributed by atoms with Crippen molar-refractivity contribution in [3.63, 3.8) is 0 Å². The van der Waals surface area contributed by atoms with Crippen molar-refractivity contribution in [1.29, 1.82) is 0 Å².